The first-order valence-electron chi connectivity index (χ1n) is 8.90. The van der Waals surface area contributed by atoms with Gasteiger partial charge in [-0.25, -0.2) is 0 Å². The minimum Gasteiger partial charge on any atom is -0.314 e. The summed E-state index contributed by atoms with van der Waals surface area (Å²) < 4.78 is 0. The van der Waals surface area contributed by atoms with Crippen molar-refractivity contribution in [3.05, 3.63) is 35.9 Å². The predicted molar refractivity (Wildman–Crippen MR) is 89.3 cm³/mol. The van der Waals surface area contributed by atoms with Gasteiger partial charge in [-0.05, 0) is 56.8 Å². The van der Waals surface area contributed by atoms with Gasteiger partial charge < -0.3 is 5.32 Å². The molecule has 0 atom stereocenters. The van der Waals surface area contributed by atoms with Gasteiger partial charge in [-0.1, -0.05) is 49.6 Å². The Morgan fingerprint density at radius 3 is 2.33 bits per heavy atom. The number of rotatable bonds is 5. The summed E-state index contributed by atoms with van der Waals surface area (Å²) in [4.78, 5) is 2.61. The van der Waals surface area contributed by atoms with E-state index >= 15 is 0 Å². The molecule has 0 unspecified atom stereocenters. The summed E-state index contributed by atoms with van der Waals surface area (Å²) in [6.07, 6.45) is 9.94. The second-order valence-electron chi connectivity index (χ2n) is 6.95. The zero-order chi connectivity index (χ0) is 14.3. The van der Waals surface area contributed by atoms with Crippen LogP contribution in [0.5, 0.6) is 0 Å². The monoisotopic (exact) mass is 286 g/mol. The van der Waals surface area contributed by atoms with Crippen LogP contribution in [0.15, 0.2) is 30.3 Å². The third-order valence-corrected chi connectivity index (χ3v) is 5.26. The maximum atomic E-state index is 3.85. The number of benzene rings is 1. The van der Waals surface area contributed by atoms with Crippen molar-refractivity contribution in [3.8, 4) is 0 Å². The zero-order valence-electron chi connectivity index (χ0n) is 13.3. The van der Waals surface area contributed by atoms with Crippen molar-refractivity contribution in [2.45, 2.75) is 57.5 Å². The Morgan fingerprint density at radius 1 is 0.905 bits per heavy atom. The molecule has 1 aromatic rings. The summed E-state index contributed by atoms with van der Waals surface area (Å²) in [5.74, 6) is 0.959. The first kappa shape index (κ1) is 15.1. The maximum absolute atomic E-state index is 3.85. The molecular formula is C19H30N2. The lowest BCUT2D eigenvalue weighted by Gasteiger charge is -2.33. The third-order valence-electron chi connectivity index (χ3n) is 5.26. The van der Waals surface area contributed by atoms with Crippen molar-refractivity contribution in [1.82, 2.24) is 10.2 Å². The number of nitrogens with zero attached hydrogens (tertiary/aromatic N) is 1. The van der Waals surface area contributed by atoms with Gasteiger partial charge in [0.1, 0.15) is 0 Å². The largest absolute Gasteiger partial charge is 0.314 e. The first-order valence-corrected chi connectivity index (χ1v) is 8.90. The van der Waals surface area contributed by atoms with Crippen molar-refractivity contribution in [1.29, 1.82) is 0 Å². The molecule has 21 heavy (non-hydrogen) atoms. The molecule has 1 aliphatic carbocycles. The van der Waals surface area contributed by atoms with Crippen LogP contribution in [-0.4, -0.2) is 30.6 Å². The molecule has 0 aromatic heterocycles. The Morgan fingerprint density at radius 2 is 1.62 bits per heavy atom. The molecule has 0 spiro atoms. The van der Waals surface area contributed by atoms with Gasteiger partial charge in [0, 0.05) is 12.6 Å². The summed E-state index contributed by atoms with van der Waals surface area (Å²) in [6.45, 7) is 4.88. The number of hydrogen-bond acceptors (Lipinski definition) is 2. The van der Waals surface area contributed by atoms with Crippen LogP contribution >= 0.6 is 0 Å². The van der Waals surface area contributed by atoms with Crippen LogP contribution in [0.4, 0.5) is 0 Å². The van der Waals surface area contributed by atoms with E-state index in [1.807, 2.05) is 0 Å². The molecular weight excluding hydrogens is 256 g/mol. The highest BCUT2D eigenvalue weighted by Crippen LogP contribution is 2.23. The molecule has 2 nitrogen and oxygen atoms in total. The van der Waals surface area contributed by atoms with E-state index < -0.39 is 0 Å². The molecule has 2 aliphatic rings. The van der Waals surface area contributed by atoms with Gasteiger partial charge in [0.25, 0.3) is 0 Å². The van der Waals surface area contributed by atoms with E-state index in [0.717, 1.165) is 18.5 Å². The molecule has 1 aliphatic heterocycles. The Bertz CT molecular complexity index is 389. The Labute approximate surface area is 129 Å². The fourth-order valence-corrected chi connectivity index (χ4v) is 3.86. The summed E-state index contributed by atoms with van der Waals surface area (Å²) in [5, 5.41) is 3.85. The van der Waals surface area contributed by atoms with Gasteiger partial charge in [-0.2, -0.15) is 0 Å². The van der Waals surface area contributed by atoms with E-state index in [2.05, 4.69) is 40.5 Å². The number of likely N-dealkylation sites (tertiary alicyclic amines) is 1. The topological polar surface area (TPSA) is 15.3 Å². The third kappa shape index (κ3) is 4.82. The van der Waals surface area contributed by atoms with Crippen molar-refractivity contribution in [2.24, 2.45) is 5.92 Å². The summed E-state index contributed by atoms with van der Waals surface area (Å²) in [7, 11) is 0. The molecule has 116 valence electrons. The minimum absolute atomic E-state index is 0.763. The summed E-state index contributed by atoms with van der Waals surface area (Å²) in [6, 6.07) is 11.6. The molecule has 0 bridgehead atoms. The Balaban J connectivity index is 1.35. The highest BCUT2D eigenvalue weighted by molar-refractivity contribution is 5.14. The molecule has 3 rings (SSSR count). The quantitative estimate of drug-likeness (QED) is 0.885. The predicted octanol–water partition coefficient (Wildman–Crippen LogP) is 3.82. The molecule has 2 heteroatoms. The van der Waals surface area contributed by atoms with Crippen molar-refractivity contribution < 1.29 is 0 Å². The normalized spacial score (nSPS) is 22.5. The zero-order valence-corrected chi connectivity index (χ0v) is 13.3. The van der Waals surface area contributed by atoms with Crippen molar-refractivity contribution in [3.63, 3.8) is 0 Å². The van der Waals surface area contributed by atoms with Gasteiger partial charge in [0.15, 0.2) is 0 Å². The van der Waals surface area contributed by atoms with E-state index in [1.165, 1.54) is 70.1 Å². The Hall–Kier alpha value is -0.860. The lowest BCUT2D eigenvalue weighted by molar-refractivity contribution is 0.185. The van der Waals surface area contributed by atoms with Crippen LogP contribution in [0.2, 0.25) is 0 Å². The van der Waals surface area contributed by atoms with Gasteiger partial charge in [-0.3, -0.25) is 4.90 Å². The summed E-state index contributed by atoms with van der Waals surface area (Å²) in [5.41, 5.74) is 1.45. The molecule has 0 amide bonds. The van der Waals surface area contributed by atoms with E-state index in [9.17, 15) is 0 Å². The summed E-state index contributed by atoms with van der Waals surface area (Å²) >= 11 is 0. The molecule has 1 aromatic carbocycles. The molecule has 1 N–H and O–H groups in total. The van der Waals surface area contributed by atoms with Crippen LogP contribution in [0.25, 0.3) is 0 Å². The average molecular weight is 286 g/mol. The van der Waals surface area contributed by atoms with E-state index in [0.29, 0.717) is 0 Å². The van der Waals surface area contributed by atoms with E-state index in [-0.39, 0.29) is 0 Å². The SMILES string of the molecule is c1ccc(CN2CCC(NCC3CCCCC3)CC2)cc1. The fourth-order valence-electron chi connectivity index (χ4n) is 3.86. The van der Waals surface area contributed by atoms with Gasteiger partial charge >= 0.3 is 0 Å². The maximum Gasteiger partial charge on any atom is 0.0233 e. The molecule has 1 heterocycles. The van der Waals surface area contributed by atoms with E-state index in [1.54, 1.807) is 0 Å². The van der Waals surface area contributed by atoms with Crippen molar-refractivity contribution >= 4 is 0 Å². The molecule has 0 radical (unpaired) electrons. The minimum atomic E-state index is 0.763. The van der Waals surface area contributed by atoms with Crippen LogP contribution in [0.1, 0.15) is 50.5 Å². The van der Waals surface area contributed by atoms with Crippen LogP contribution in [0, 0.1) is 5.92 Å². The van der Waals surface area contributed by atoms with Gasteiger partial charge in [-0.15, -0.1) is 0 Å². The first-order chi connectivity index (χ1) is 10.4. The fraction of sp³-hybridized carbons (Fsp3) is 0.684. The number of hydrogen-bond donors (Lipinski definition) is 1. The van der Waals surface area contributed by atoms with Crippen molar-refractivity contribution in [2.75, 3.05) is 19.6 Å². The number of piperidine rings is 1. The highest BCUT2D eigenvalue weighted by Gasteiger charge is 2.20. The lowest BCUT2D eigenvalue weighted by atomic mass is 9.89. The Kier molecular flexibility index (Phi) is 5.70. The second-order valence-corrected chi connectivity index (χ2v) is 6.95. The van der Waals surface area contributed by atoms with Crippen LogP contribution in [0.3, 0.4) is 0 Å². The molecule has 1 saturated carbocycles. The number of nitrogens with one attached hydrogen (secondary N) is 1. The standard InChI is InChI=1S/C19H30N2/c1-3-7-17(8-4-1)15-20-19-11-13-21(14-12-19)16-18-9-5-2-6-10-18/h2,5-6,9-10,17,19-20H,1,3-4,7-8,11-16H2. The average Bonchev–Trinajstić information content (AvgIpc) is 2.56. The van der Waals surface area contributed by atoms with Crippen LogP contribution in [-0.2, 0) is 6.54 Å². The molecule has 2 fully saturated rings. The van der Waals surface area contributed by atoms with E-state index in [4.69, 9.17) is 0 Å². The van der Waals surface area contributed by atoms with Gasteiger partial charge in [0.2, 0.25) is 0 Å². The van der Waals surface area contributed by atoms with Crippen LogP contribution < -0.4 is 5.32 Å². The lowest BCUT2D eigenvalue weighted by Crippen LogP contribution is -2.43. The van der Waals surface area contributed by atoms with Gasteiger partial charge in [0.05, 0.1) is 0 Å². The smallest absolute Gasteiger partial charge is 0.0233 e. The molecule has 1 saturated heterocycles. The second kappa shape index (κ2) is 7.95. The highest BCUT2D eigenvalue weighted by atomic mass is 15.1.